The van der Waals surface area contributed by atoms with Crippen molar-refractivity contribution in [2.24, 2.45) is 0 Å². The van der Waals surface area contributed by atoms with E-state index in [4.69, 9.17) is 0 Å². The van der Waals surface area contributed by atoms with Crippen molar-refractivity contribution in [3.63, 3.8) is 0 Å². The quantitative estimate of drug-likeness (QED) is 0.683. The van der Waals surface area contributed by atoms with Gasteiger partial charge in [-0.25, -0.2) is 4.68 Å². The number of benzene rings is 2. The van der Waals surface area contributed by atoms with Crippen molar-refractivity contribution in [2.75, 3.05) is 6.54 Å². The van der Waals surface area contributed by atoms with Crippen molar-refractivity contribution in [3.05, 3.63) is 70.0 Å². The Morgan fingerprint density at radius 3 is 2.72 bits per heavy atom. The molecule has 1 amide bonds. The first kappa shape index (κ1) is 20.1. The van der Waals surface area contributed by atoms with Crippen molar-refractivity contribution in [1.82, 2.24) is 20.3 Å². The fourth-order valence-electron chi connectivity index (χ4n) is 2.53. The standard InChI is InChI=1S/C20H15F3N4O2/c21-20(22,23)15-7-3-5-14(13-15)6-4-11-24-18(28)10-12-27-19(29)16-8-1-2-9-17(16)25-26-27/h1-3,5,7-9,13H,10-12H2,(H,24,28). The van der Waals surface area contributed by atoms with E-state index in [-0.39, 0.29) is 36.5 Å². The number of carbonyl (C=O) groups is 1. The Kier molecular flexibility index (Phi) is 5.93. The van der Waals surface area contributed by atoms with E-state index in [0.29, 0.717) is 10.9 Å². The molecular formula is C20H15F3N4O2. The van der Waals surface area contributed by atoms with E-state index in [1.54, 1.807) is 24.3 Å². The van der Waals surface area contributed by atoms with Gasteiger partial charge in [0.15, 0.2) is 0 Å². The van der Waals surface area contributed by atoms with Gasteiger partial charge in [0.2, 0.25) is 5.91 Å². The van der Waals surface area contributed by atoms with E-state index in [0.717, 1.165) is 16.8 Å². The average Bonchev–Trinajstić information content (AvgIpc) is 2.70. The maximum absolute atomic E-state index is 12.7. The molecule has 0 atom stereocenters. The third-order valence-corrected chi connectivity index (χ3v) is 3.98. The summed E-state index contributed by atoms with van der Waals surface area (Å²) in [4.78, 5) is 24.2. The molecule has 0 saturated heterocycles. The van der Waals surface area contributed by atoms with Gasteiger partial charge in [-0.05, 0) is 30.3 Å². The van der Waals surface area contributed by atoms with Gasteiger partial charge in [-0.1, -0.05) is 35.3 Å². The van der Waals surface area contributed by atoms with Crippen LogP contribution in [0.3, 0.4) is 0 Å². The molecule has 0 radical (unpaired) electrons. The van der Waals surface area contributed by atoms with Gasteiger partial charge in [0.1, 0.15) is 5.52 Å². The highest BCUT2D eigenvalue weighted by Crippen LogP contribution is 2.29. The number of aromatic nitrogens is 3. The smallest absolute Gasteiger partial charge is 0.345 e. The number of alkyl halides is 3. The lowest BCUT2D eigenvalue weighted by atomic mass is 10.1. The summed E-state index contributed by atoms with van der Waals surface area (Å²) in [6.07, 6.45) is -4.45. The summed E-state index contributed by atoms with van der Waals surface area (Å²) in [5.41, 5.74) is -0.446. The van der Waals surface area contributed by atoms with Crippen molar-refractivity contribution in [3.8, 4) is 11.8 Å². The summed E-state index contributed by atoms with van der Waals surface area (Å²) in [6.45, 7) is 0.0108. The van der Waals surface area contributed by atoms with Gasteiger partial charge in [0.05, 0.1) is 24.0 Å². The Labute approximate surface area is 163 Å². The zero-order valence-corrected chi connectivity index (χ0v) is 15.0. The molecule has 0 saturated carbocycles. The second-order valence-electron chi connectivity index (χ2n) is 6.04. The van der Waals surface area contributed by atoms with Gasteiger partial charge >= 0.3 is 6.18 Å². The van der Waals surface area contributed by atoms with Crippen LogP contribution in [0.5, 0.6) is 0 Å². The highest BCUT2D eigenvalue weighted by Gasteiger charge is 2.30. The maximum atomic E-state index is 12.7. The molecule has 0 bridgehead atoms. The second-order valence-corrected chi connectivity index (χ2v) is 6.04. The summed E-state index contributed by atoms with van der Waals surface area (Å²) in [7, 11) is 0. The number of hydrogen-bond donors (Lipinski definition) is 1. The van der Waals surface area contributed by atoms with Crippen molar-refractivity contribution in [2.45, 2.75) is 19.1 Å². The highest BCUT2D eigenvalue weighted by molar-refractivity contribution is 5.77. The molecule has 148 valence electrons. The van der Waals surface area contributed by atoms with Crippen LogP contribution < -0.4 is 10.9 Å². The number of amides is 1. The molecule has 3 rings (SSSR count). The van der Waals surface area contributed by atoms with Crippen LogP contribution in [-0.4, -0.2) is 27.4 Å². The lowest BCUT2D eigenvalue weighted by Gasteiger charge is -2.06. The molecular weight excluding hydrogens is 385 g/mol. The van der Waals surface area contributed by atoms with Crippen LogP contribution >= 0.6 is 0 Å². The van der Waals surface area contributed by atoms with Crippen LogP contribution in [-0.2, 0) is 17.5 Å². The van der Waals surface area contributed by atoms with Gasteiger partial charge in [-0.2, -0.15) is 13.2 Å². The molecule has 6 nitrogen and oxygen atoms in total. The van der Waals surface area contributed by atoms with Gasteiger partial charge < -0.3 is 5.32 Å². The summed E-state index contributed by atoms with van der Waals surface area (Å²) < 4.78 is 39.1. The predicted octanol–water partition coefficient (Wildman–Crippen LogP) is 2.37. The Morgan fingerprint density at radius 2 is 1.93 bits per heavy atom. The first-order valence-corrected chi connectivity index (χ1v) is 8.60. The molecule has 0 unspecified atom stereocenters. The van der Waals surface area contributed by atoms with Crippen molar-refractivity contribution in [1.29, 1.82) is 0 Å². The molecule has 1 heterocycles. The topological polar surface area (TPSA) is 76.9 Å². The lowest BCUT2D eigenvalue weighted by molar-refractivity contribution is -0.137. The number of rotatable bonds is 4. The zero-order valence-electron chi connectivity index (χ0n) is 15.0. The van der Waals surface area contributed by atoms with E-state index >= 15 is 0 Å². The molecule has 0 aliphatic rings. The van der Waals surface area contributed by atoms with Crippen molar-refractivity contribution < 1.29 is 18.0 Å². The molecule has 0 spiro atoms. The minimum atomic E-state index is -4.43. The Bertz CT molecular complexity index is 1160. The first-order chi connectivity index (χ1) is 13.8. The summed E-state index contributed by atoms with van der Waals surface area (Å²) in [5, 5.41) is 10.7. The van der Waals surface area contributed by atoms with E-state index < -0.39 is 11.7 Å². The second kappa shape index (κ2) is 8.56. The summed E-state index contributed by atoms with van der Waals surface area (Å²) in [5.74, 6) is 4.80. The molecule has 0 aliphatic carbocycles. The third kappa shape index (κ3) is 5.19. The van der Waals surface area contributed by atoms with Crippen LogP contribution in [0.1, 0.15) is 17.5 Å². The van der Waals surface area contributed by atoms with Gasteiger partial charge in [0.25, 0.3) is 5.56 Å². The van der Waals surface area contributed by atoms with E-state index in [2.05, 4.69) is 27.5 Å². The fraction of sp³-hybridized carbons (Fsp3) is 0.200. The van der Waals surface area contributed by atoms with Crippen LogP contribution in [0, 0.1) is 11.8 Å². The molecule has 1 aromatic heterocycles. The molecule has 0 aliphatic heterocycles. The van der Waals surface area contributed by atoms with Gasteiger partial charge in [0, 0.05) is 12.0 Å². The van der Waals surface area contributed by atoms with E-state index in [9.17, 15) is 22.8 Å². The largest absolute Gasteiger partial charge is 0.416 e. The van der Waals surface area contributed by atoms with Crippen molar-refractivity contribution >= 4 is 16.8 Å². The number of fused-ring (bicyclic) bond motifs is 1. The minimum absolute atomic E-state index is 0.0157. The molecule has 3 aromatic rings. The normalized spacial score (nSPS) is 11.0. The van der Waals surface area contributed by atoms with Gasteiger partial charge in [-0.3, -0.25) is 9.59 Å². The monoisotopic (exact) mass is 400 g/mol. The summed E-state index contributed by atoms with van der Waals surface area (Å²) in [6, 6.07) is 11.4. The number of aryl methyl sites for hydroxylation is 1. The Hall–Kier alpha value is -3.67. The maximum Gasteiger partial charge on any atom is 0.416 e. The SMILES string of the molecule is O=C(CCn1nnc2ccccc2c1=O)NCC#Cc1cccc(C(F)(F)F)c1. The number of nitrogens with one attached hydrogen (secondary N) is 1. The number of hydrogen-bond acceptors (Lipinski definition) is 4. The van der Waals surface area contributed by atoms with Crippen LogP contribution in [0.4, 0.5) is 13.2 Å². The molecule has 29 heavy (non-hydrogen) atoms. The number of nitrogens with zero attached hydrogens (tertiary/aromatic N) is 3. The lowest BCUT2D eigenvalue weighted by Crippen LogP contribution is -2.29. The Balaban J connectivity index is 1.54. The third-order valence-electron chi connectivity index (χ3n) is 3.98. The van der Waals surface area contributed by atoms with Crippen LogP contribution in [0.15, 0.2) is 53.3 Å². The fourth-order valence-corrected chi connectivity index (χ4v) is 2.53. The number of carbonyl (C=O) groups excluding carboxylic acids is 1. The highest BCUT2D eigenvalue weighted by atomic mass is 19.4. The van der Waals surface area contributed by atoms with E-state index in [1.807, 2.05) is 0 Å². The molecule has 1 N–H and O–H groups in total. The first-order valence-electron chi connectivity index (χ1n) is 8.60. The van der Waals surface area contributed by atoms with Gasteiger partial charge in [-0.15, -0.1) is 5.10 Å². The van der Waals surface area contributed by atoms with E-state index in [1.165, 1.54) is 12.1 Å². The van der Waals surface area contributed by atoms with Crippen LogP contribution in [0.25, 0.3) is 10.9 Å². The minimum Gasteiger partial charge on any atom is -0.345 e. The molecule has 0 fully saturated rings. The predicted molar refractivity (Wildman–Crippen MR) is 99.7 cm³/mol. The zero-order chi connectivity index (χ0) is 20.9. The Morgan fingerprint density at radius 1 is 1.14 bits per heavy atom. The van der Waals surface area contributed by atoms with Crippen LogP contribution in [0.2, 0.25) is 0 Å². The average molecular weight is 400 g/mol. The molecule has 2 aromatic carbocycles. The molecule has 9 heteroatoms. The summed E-state index contributed by atoms with van der Waals surface area (Å²) >= 11 is 0. The number of halogens is 3.